The van der Waals surface area contributed by atoms with Gasteiger partial charge >= 0.3 is 0 Å². The van der Waals surface area contributed by atoms with E-state index in [-0.39, 0.29) is 17.1 Å². The van der Waals surface area contributed by atoms with Crippen LogP contribution in [0.2, 0.25) is 10.0 Å². The maximum absolute atomic E-state index is 14.0. The van der Waals surface area contributed by atoms with Crippen molar-refractivity contribution < 1.29 is 4.79 Å². The molecule has 1 aromatic heterocycles. The molecule has 0 aliphatic heterocycles. The number of nitrogen functional groups attached to an aromatic ring is 1. The number of carbonyl (C=O) groups is 1. The third-order valence-corrected chi connectivity index (χ3v) is 8.84. The van der Waals surface area contributed by atoms with Gasteiger partial charge < -0.3 is 10.3 Å². The van der Waals surface area contributed by atoms with E-state index in [1.165, 1.54) is 0 Å². The van der Waals surface area contributed by atoms with Crippen molar-refractivity contribution in [2.45, 2.75) is 46.1 Å². The van der Waals surface area contributed by atoms with Crippen LogP contribution in [0.1, 0.15) is 56.2 Å². The average molecular weight is 568 g/mol. The number of hydrogen-bond donors (Lipinski definition) is 1. The summed E-state index contributed by atoms with van der Waals surface area (Å²) in [5.41, 5.74) is 13.4. The summed E-state index contributed by atoms with van der Waals surface area (Å²) in [6.45, 7) is 7.12. The van der Waals surface area contributed by atoms with Crippen molar-refractivity contribution in [3.63, 3.8) is 0 Å². The Hall–Kier alpha value is -3.53. The maximum atomic E-state index is 14.0. The van der Waals surface area contributed by atoms with Crippen molar-refractivity contribution in [3.05, 3.63) is 117 Å². The summed E-state index contributed by atoms with van der Waals surface area (Å²) >= 11 is 12.7. The number of anilines is 1. The first-order valence-electron chi connectivity index (χ1n) is 13.7. The number of para-hydroxylation sites is 1. The Labute approximate surface area is 245 Å². The van der Waals surface area contributed by atoms with Gasteiger partial charge in [0, 0.05) is 62.9 Å². The quantitative estimate of drug-likeness (QED) is 0.215. The largest absolute Gasteiger partial charge is 0.398 e. The molecule has 1 aliphatic carbocycles. The molecule has 0 saturated carbocycles. The summed E-state index contributed by atoms with van der Waals surface area (Å²) in [5.74, 6) is 0.0764. The van der Waals surface area contributed by atoms with E-state index in [0.717, 1.165) is 55.9 Å². The van der Waals surface area contributed by atoms with Gasteiger partial charge in [-0.05, 0) is 63.6 Å². The number of rotatable bonds is 5. The molecule has 202 valence electrons. The van der Waals surface area contributed by atoms with Crippen LogP contribution in [0.15, 0.2) is 90.6 Å². The number of carbonyl (C=O) groups excluding carboxylic acids is 1. The van der Waals surface area contributed by atoms with Crippen LogP contribution in [0.4, 0.5) is 5.69 Å². The molecule has 0 unspecified atom stereocenters. The molecule has 2 N–H and O–H groups in total. The Bertz CT molecular complexity index is 1830. The molecule has 1 aliphatic rings. The predicted molar refractivity (Wildman–Crippen MR) is 169 cm³/mol. The first kappa shape index (κ1) is 26.7. The van der Waals surface area contributed by atoms with Crippen LogP contribution in [-0.4, -0.2) is 10.4 Å². The summed E-state index contributed by atoms with van der Waals surface area (Å²) in [6, 6.07) is 26.3. The number of nitrogens with two attached hydrogens (primary N) is 1. The minimum Gasteiger partial charge on any atom is -0.398 e. The molecule has 5 heteroatoms. The van der Waals surface area contributed by atoms with Crippen LogP contribution in [0.25, 0.3) is 27.2 Å². The number of benzene rings is 4. The van der Waals surface area contributed by atoms with Crippen LogP contribution in [0.5, 0.6) is 0 Å². The van der Waals surface area contributed by atoms with Crippen LogP contribution in [0.3, 0.4) is 0 Å². The highest BCUT2D eigenvalue weighted by atomic mass is 35.5. The fourth-order valence-electron chi connectivity index (χ4n) is 6.43. The Morgan fingerprint density at radius 3 is 2.42 bits per heavy atom. The molecular formula is C35H32Cl2N2O. The minimum absolute atomic E-state index is 0.121. The van der Waals surface area contributed by atoms with Gasteiger partial charge in [0.2, 0.25) is 0 Å². The van der Waals surface area contributed by atoms with E-state index in [0.29, 0.717) is 28.7 Å². The second-order valence-corrected chi connectivity index (χ2v) is 12.6. The molecule has 40 heavy (non-hydrogen) atoms. The molecule has 3 nitrogen and oxygen atoms in total. The lowest BCUT2D eigenvalue weighted by Crippen LogP contribution is -2.27. The van der Waals surface area contributed by atoms with Gasteiger partial charge in [0.1, 0.15) is 0 Å². The van der Waals surface area contributed by atoms with Crippen molar-refractivity contribution >= 4 is 61.9 Å². The number of aromatic nitrogens is 1. The third-order valence-electron chi connectivity index (χ3n) is 8.26. The molecule has 0 saturated heterocycles. The van der Waals surface area contributed by atoms with E-state index >= 15 is 0 Å². The normalized spacial score (nSPS) is 16.2. The number of ketones is 1. The average Bonchev–Trinajstić information content (AvgIpc) is 3.27. The number of hydrogen-bond acceptors (Lipinski definition) is 2. The Morgan fingerprint density at radius 1 is 0.925 bits per heavy atom. The third kappa shape index (κ3) is 4.72. The molecule has 1 heterocycles. The van der Waals surface area contributed by atoms with Gasteiger partial charge in [0.05, 0.1) is 0 Å². The lowest BCUT2D eigenvalue weighted by atomic mass is 9.68. The van der Waals surface area contributed by atoms with E-state index in [4.69, 9.17) is 28.9 Å². The smallest absolute Gasteiger partial charge is 0.160 e. The Morgan fingerprint density at radius 2 is 1.65 bits per heavy atom. The lowest BCUT2D eigenvalue weighted by molar-refractivity contribution is -0.118. The number of Topliss-reactive ketones (excluding diaryl/α,β-unsaturated/α-hetero) is 1. The Kier molecular flexibility index (Phi) is 6.76. The van der Waals surface area contributed by atoms with Gasteiger partial charge in [-0.15, -0.1) is 0 Å². The molecule has 0 bridgehead atoms. The Balaban J connectivity index is 1.55. The number of allylic oxidation sites excluding steroid dienone is 2. The minimum atomic E-state index is -0.154. The van der Waals surface area contributed by atoms with Gasteiger partial charge in [-0.3, -0.25) is 4.79 Å². The number of halogens is 2. The zero-order valence-electron chi connectivity index (χ0n) is 23.0. The highest BCUT2D eigenvalue weighted by molar-refractivity contribution is 6.35. The molecule has 4 aromatic carbocycles. The second-order valence-electron chi connectivity index (χ2n) is 11.8. The molecule has 0 spiro atoms. The standard InChI is InChI=1S/C35H32Cl2N2O/c1-21(28-20-39(31-11-7-6-10-26(28)31)19-23-12-14-24(36)16-29(23)37)33-27(17-35(2,3)18-32(33)40)34-25-9-5-4-8-22(25)13-15-30(34)38/h4-16,20-21H,17-19,38H2,1-3H3/t21-/m0/s1. The van der Waals surface area contributed by atoms with Gasteiger partial charge in [0.15, 0.2) is 5.78 Å². The molecule has 0 radical (unpaired) electrons. The maximum Gasteiger partial charge on any atom is 0.160 e. The fraction of sp³-hybridized carbons (Fsp3) is 0.229. The zero-order chi connectivity index (χ0) is 28.2. The van der Waals surface area contributed by atoms with Crippen molar-refractivity contribution in [2.75, 3.05) is 5.73 Å². The summed E-state index contributed by atoms with van der Waals surface area (Å²) < 4.78 is 2.22. The molecule has 6 rings (SSSR count). The van der Waals surface area contributed by atoms with Crippen molar-refractivity contribution in [1.82, 2.24) is 4.57 Å². The van der Waals surface area contributed by atoms with Crippen LogP contribution in [0, 0.1) is 5.41 Å². The predicted octanol–water partition coefficient (Wildman–Crippen LogP) is 9.68. The fourth-order valence-corrected chi connectivity index (χ4v) is 6.89. The summed E-state index contributed by atoms with van der Waals surface area (Å²) in [7, 11) is 0. The summed E-state index contributed by atoms with van der Waals surface area (Å²) in [4.78, 5) is 14.0. The van der Waals surface area contributed by atoms with Gasteiger partial charge in [-0.2, -0.15) is 0 Å². The zero-order valence-corrected chi connectivity index (χ0v) is 24.5. The van der Waals surface area contributed by atoms with Gasteiger partial charge in [-0.1, -0.05) is 98.6 Å². The van der Waals surface area contributed by atoms with Crippen molar-refractivity contribution in [2.24, 2.45) is 5.41 Å². The summed E-state index contributed by atoms with van der Waals surface area (Å²) in [5, 5.41) is 4.61. The molecule has 1 atom stereocenters. The van der Waals surface area contributed by atoms with Crippen molar-refractivity contribution in [1.29, 1.82) is 0 Å². The molecular weight excluding hydrogens is 535 g/mol. The highest BCUT2D eigenvalue weighted by Gasteiger charge is 2.37. The van der Waals surface area contributed by atoms with E-state index in [9.17, 15) is 4.79 Å². The van der Waals surface area contributed by atoms with Gasteiger partial charge in [-0.25, -0.2) is 0 Å². The van der Waals surface area contributed by atoms with E-state index in [2.05, 4.69) is 67.9 Å². The topological polar surface area (TPSA) is 48.0 Å². The van der Waals surface area contributed by atoms with E-state index < -0.39 is 0 Å². The SMILES string of the molecule is C[C@H](C1=C(c2c(N)ccc3ccccc23)CC(C)(C)CC1=O)c1cn(Cc2ccc(Cl)cc2Cl)c2ccccc12. The van der Waals surface area contributed by atoms with Crippen LogP contribution in [-0.2, 0) is 11.3 Å². The number of fused-ring (bicyclic) bond motifs is 2. The first-order chi connectivity index (χ1) is 19.1. The lowest BCUT2D eigenvalue weighted by Gasteiger charge is -2.35. The summed E-state index contributed by atoms with van der Waals surface area (Å²) in [6.07, 6.45) is 3.49. The second kappa shape index (κ2) is 10.1. The highest BCUT2D eigenvalue weighted by Crippen LogP contribution is 2.49. The monoisotopic (exact) mass is 566 g/mol. The van der Waals surface area contributed by atoms with Gasteiger partial charge in [0.25, 0.3) is 0 Å². The molecule has 0 fully saturated rings. The van der Waals surface area contributed by atoms with E-state index in [1.807, 2.05) is 36.4 Å². The van der Waals surface area contributed by atoms with Crippen LogP contribution < -0.4 is 5.73 Å². The molecule has 5 aromatic rings. The first-order valence-corrected chi connectivity index (χ1v) is 14.4. The van der Waals surface area contributed by atoms with E-state index in [1.54, 1.807) is 6.07 Å². The van der Waals surface area contributed by atoms with Crippen LogP contribution >= 0.6 is 23.2 Å². The molecule has 0 amide bonds. The van der Waals surface area contributed by atoms with Crippen molar-refractivity contribution in [3.8, 4) is 0 Å². The number of nitrogens with zero attached hydrogens (tertiary/aromatic N) is 1.